The monoisotopic (exact) mass is 409 g/mol. The van der Waals surface area contributed by atoms with Crippen LogP contribution in [0.25, 0.3) is 10.9 Å². The van der Waals surface area contributed by atoms with Gasteiger partial charge in [0.2, 0.25) is 5.91 Å². The summed E-state index contributed by atoms with van der Waals surface area (Å²) in [6, 6.07) is 15.8. The Morgan fingerprint density at radius 2 is 1.83 bits per heavy atom. The number of pyridine rings is 1. The highest BCUT2D eigenvalue weighted by molar-refractivity contribution is 6.31. The van der Waals surface area contributed by atoms with E-state index in [-0.39, 0.29) is 5.91 Å². The molecule has 0 N–H and O–H groups in total. The standard InChI is InChI=1S/C23H24ClN3O2/c1-29-19-6-2-17(3-7-19)4-9-23(28)27-14-12-26(13-15-27)22-10-11-25-21-16-18(24)5-8-20(21)22/h2-3,5-8,10-11,16H,4,9,12-15H2,1H3. The van der Waals surface area contributed by atoms with Crippen LogP contribution in [0.5, 0.6) is 5.75 Å². The first kappa shape index (κ1) is 19.5. The van der Waals surface area contributed by atoms with Crippen molar-refractivity contribution >= 4 is 34.1 Å². The molecule has 0 spiro atoms. The molecule has 4 rings (SSSR count). The molecular weight excluding hydrogens is 386 g/mol. The largest absolute Gasteiger partial charge is 0.497 e. The Bertz CT molecular complexity index is 999. The molecule has 0 bridgehead atoms. The smallest absolute Gasteiger partial charge is 0.223 e. The number of piperazine rings is 1. The SMILES string of the molecule is COc1ccc(CCC(=O)N2CCN(c3ccnc4cc(Cl)ccc34)CC2)cc1. The van der Waals surface area contributed by atoms with Gasteiger partial charge in [-0.1, -0.05) is 23.7 Å². The predicted octanol–water partition coefficient (Wildman–Crippen LogP) is 4.18. The van der Waals surface area contributed by atoms with Crippen LogP contribution in [-0.4, -0.2) is 49.1 Å². The molecule has 1 amide bonds. The number of amides is 1. The molecule has 150 valence electrons. The molecule has 6 heteroatoms. The third-order valence-electron chi connectivity index (χ3n) is 5.44. The lowest BCUT2D eigenvalue weighted by Gasteiger charge is -2.36. The molecule has 0 saturated carbocycles. The molecule has 1 aliphatic rings. The van der Waals surface area contributed by atoms with E-state index >= 15 is 0 Å². The van der Waals surface area contributed by atoms with E-state index in [2.05, 4.69) is 9.88 Å². The van der Waals surface area contributed by atoms with Crippen LogP contribution in [0.4, 0.5) is 5.69 Å². The number of carbonyl (C=O) groups excluding carboxylic acids is 1. The van der Waals surface area contributed by atoms with Gasteiger partial charge in [-0.25, -0.2) is 0 Å². The normalized spacial score (nSPS) is 14.3. The van der Waals surface area contributed by atoms with Crippen molar-refractivity contribution in [1.29, 1.82) is 0 Å². The Morgan fingerprint density at radius 3 is 2.55 bits per heavy atom. The van der Waals surface area contributed by atoms with Gasteiger partial charge in [-0.05, 0) is 48.4 Å². The Morgan fingerprint density at radius 1 is 1.07 bits per heavy atom. The van der Waals surface area contributed by atoms with Crippen LogP contribution in [-0.2, 0) is 11.2 Å². The van der Waals surface area contributed by atoms with Crippen molar-refractivity contribution in [3.8, 4) is 5.75 Å². The van der Waals surface area contributed by atoms with Gasteiger partial charge in [0.1, 0.15) is 5.75 Å². The quantitative estimate of drug-likeness (QED) is 0.634. The summed E-state index contributed by atoms with van der Waals surface area (Å²) < 4.78 is 5.18. The number of fused-ring (bicyclic) bond motifs is 1. The Hall–Kier alpha value is -2.79. The maximum Gasteiger partial charge on any atom is 0.223 e. The minimum absolute atomic E-state index is 0.215. The van der Waals surface area contributed by atoms with E-state index in [4.69, 9.17) is 16.3 Å². The molecule has 2 aromatic carbocycles. The second-order valence-corrected chi connectivity index (χ2v) is 7.64. The maximum absolute atomic E-state index is 12.6. The third-order valence-corrected chi connectivity index (χ3v) is 5.68. The summed E-state index contributed by atoms with van der Waals surface area (Å²) in [6.07, 6.45) is 3.10. The van der Waals surface area contributed by atoms with Crippen LogP contribution in [0, 0.1) is 0 Å². The molecule has 3 aromatic rings. The minimum Gasteiger partial charge on any atom is -0.497 e. The second kappa shape index (κ2) is 8.70. The van der Waals surface area contributed by atoms with Gasteiger partial charge in [-0.2, -0.15) is 0 Å². The number of carbonyl (C=O) groups is 1. The molecule has 1 aromatic heterocycles. The zero-order chi connectivity index (χ0) is 20.2. The van der Waals surface area contributed by atoms with Gasteiger partial charge >= 0.3 is 0 Å². The first-order valence-electron chi connectivity index (χ1n) is 9.84. The molecule has 0 unspecified atom stereocenters. The molecule has 2 heterocycles. The zero-order valence-corrected chi connectivity index (χ0v) is 17.2. The van der Waals surface area contributed by atoms with E-state index < -0.39 is 0 Å². The fraction of sp³-hybridized carbons (Fsp3) is 0.304. The van der Waals surface area contributed by atoms with E-state index in [0.29, 0.717) is 11.4 Å². The van der Waals surface area contributed by atoms with E-state index in [1.165, 1.54) is 0 Å². The summed E-state index contributed by atoms with van der Waals surface area (Å²) in [7, 11) is 1.65. The fourth-order valence-corrected chi connectivity index (χ4v) is 3.95. The number of halogens is 1. The van der Waals surface area contributed by atoms with Gasteiger partial charge in [0, 0.05) is 54.9 Å². The molecule has 1 saturated heterocycles. The summed E-state index contributed by atoms with van der Waals surface area (Å²) >= 11 is 6.10. The van der Waals surface area contributed by atoms with E-state index in [1.807, 2.05) is 59.6 Å². The number of benzene rings is 2. The number of rotatable bonds is 5. The summed E-state index contributed by atoms with van der Waals surface area (Å²) in [5, 5.41) is 1.78. The van der Waals surface area contributed by atoms with Crippen molar-refractivity contribution in [3.05, 3.63) is 65.3 Å². The average Bonchev–Trinajstić information content (AvgIpc) is 2.77. The topological polar surface area (TPSA) is 45.7 Å². The number of aromatic nitrogens is 1. The summed E-state index contributed by atoms with van der Waals surface area (Å²) in [5.74, 6) is 1.05. The van der Waals surface area contributed by atoms with E-state index in [0.717, 1.165) is 60.5 Å². The number of methoxy groups -OCH3 is 1. The maximum atomic E-state index is 12.6. The molecule has 0 atom stereocenters. The number of ether oxygens (including phenoxy) is 1. The second-order valence-electron chi connectivity index (χ2n) is 7.21. The van der Waals surface area contributed by atoms with Gasteiger partial charge in [-0.15, -0.1) is 0 Å². The molecular formula is C23H24ClN3O2. The third kappa shape index (κ3) is 4.46. The number of hydrogen-bond acceptors (Lipinski definition) is 4. The highest BCUT2D eigenvalue weighted by Crippen LogP contribution is 2.28. The van der Waals surface area contributed by atoms with E-state index in [9.17, 15) is 4.79 Å². The minimum atomic E-state index is 0.215. The van der Waals surface area contributed by atoms with Crippen molar-refractivity contribution < 1.29 is 9.53 Å². The lowest BCUT2D eigenvalue weighted by atomic mass is 10.1. The Balaban J connectivity index is 1.35. The van der Waals surface area contributed by atoms with Gasteiger partial charge in [0.25, 0.3) is 0 Å². The van der Waals surface area contributed by atoms with Crippen molar-refractivity contribution in [1.82, 2.24) is 9.88 Å². The van der Waals surface area contributed by atoms with Crippen LogP contribution in [0.2, 0.25) is 5.02 Å². The van der Waals surface area contributed by atoms with Crippen LogP contribution < -0.4 is 9.64 Å². The highest BCUT2D eigenvalue weighted by atomic mass is 35.5. The van der Waals surface area contributed by atoms with Crippen LogP contribution in [0.1, 0.15) is 12.0 Å². The van der Waals surface area contributed by atoms with Crippen molar-refractivity contribution in [3.63, 3.8) is 0 Å². The molecule has 0 radical (unpaired) electrons. The summed E-state index contributed by atoms with van der Waals surface area (Å²) in [5.41, 5.74) is 3.20. The Kier molecular flexibility index (Phi) is 5.86. The lowest BCUT2D eigenvalue weighted by molar-refractivity contribution is -0.131. The van der Waals surface area contributed by atoms with Crippen LogP contribution in [0.15, 0.2) is 54.7 Å². The average molecular weight is 410 g/mol. The summed E-state index contributed by atoms with van der Waals surface area (Å²) in [4.78, 5) is 21.4. The molecule has 1 fully saturated rings. The molecule has 5 nitrogen and oxygen atoms in total. The first-order valence-corrected chi connectivity index (χ1v) is 10.2. The van der Waals surface area contributed by atoms with Crippen molar-refractivity contribution in [2.24, 2.45) is 0 Å². The molecule has 0 aliphatic carbocycles. The fourth-order valence-electron chi connectivity index (χ4n) is 3.78. The molecule has 29 heavy (non-hydrogen) atoms. The first-order chi connectivity index (χ1) is 14.1. The molecule has 1 aliphatic heterocycles. The Labute approximate surface area is 175 Å². The van der Waals surface area contributed by atoms with Gasteiger partial charge in [0.05, 0.1) is 12.6 Å². The zero-order valence-electron chi connectivity index (χ0n) is 16.5. The number of anilines is 1. The number of hydrogen-bond donors (Lipinski definition) is 0. The van der Waals surface area contributed by atoms with Crippen molar-refractivity contribution in [2.75, 3.05) is 38.2 Å². The van der Waals surface area contributed by atoms with Gasteiger partial charge in [0.15, 0.2) is 0 Å². The summed E-state index contributed by atoms with van der Waals surface area (Å²) in [6.45, 7) is 3.10. The highest BCUT2D eigenvalue weighted by Gasteiger charge is 2.22. The lowest BCUT2D eigenvalue weighted by Crippen LogP contribution is -2.48. The number of aryl methyl sites for hydroxylation is 1. The predicted molar refractivity (Wildman–Crippen MR) is 117 cm³/mol. The van der Waals surface area contributed by atoms with Crippen LogP contribution >= 0.6 is 11.6 Å². The van der Waals surface area contributed by atoms with E-state index in [1.54, 1.807) is 7.11 Å². The number of nitrogens with zero attached hydrogens (tertiary/aromatic N) is 3. The van der Waals surface area contributed by atoms with Crippen LogP contribution in [0.3, 0.4) is 0 Å². The van der Waals surface area contributed by atoms with Crippen molar-refractivity contribution in [2.45, 2.75) is 12.8 Å². The van der Waals surface area contributed by atoms with Gasteiger partial charge in [-0.3, -0.25) is 9.78 Å². The van der Waals surface area contributed by atoms with Gasteiger partial charge < -0.3 is 14.5 Å².